The van der Waals surface area contributed by atoms with E-state index in [0.29, 0.717) is 6.61 Å². The molecule has 17 heavy (non-hydrogen) atoms. The summed E-state index contributed by atoms with van der Waals surface area (Å²) in [5.41, 5.74) is 1.08. The van der Waals surface area contributed by atoms with Crippen molar-refractivity contribution in [1.29, 1.82) is 0 Å². The molecule has 88 valence electrons. The molecule has 3 nitrogen and oxygen atoms in total. The minimum atomic E-state index is -0.358. The molecule has 0 N–H and O–H groups in total. The summed E-state index contributed by atoms with van der Waals surface area (Å²) in [7, 11) is 0. The maximum Gasteiger partial charge on any atom is 0.331 e. The average Bonchev–Trinajstić information content (AvgIpc) is 2.78. The fourth-order valence-electron chi connectivity index (χ4n) is 1.63. The van der Waals surface area contributed by atoms with E-state index in [-0.39, 0.29) is 18.2 Å². The molecule has 1 aliphatic heterocycles. The first-order valence-electron chi connectivity index (χ1n) is 5.46. The summed E-state index contributed by atoms with van der Waals surface area (Å²) < 4.78 is 10.7. The first-order valence-corrected chi connectivity index (χ1v) is 5.46. The molecule has 0 fully saturated rings. The number of esters is 1. The van der Waals surface area contributed by atoms with Crippen LogP contribution in [-0.4, -0.2) is 18.2 Å². The molecule has 1 aromatic carbocycles. The maximum absolute atomic E-state index is 10.9. The highest BCUT2D eigenvalue weighted by Crippen LogP contribution is 2.15. The lowest BCUT2D eigenvalue weighted by Gasteiger charge is -2.18. The van der Waals surface area contributed by atoms with Crippen molar-refractivity contribution in [2.75, 3.05) is 0 Å². The number of benzene rings is 1. The Morgan fingerprint density at radius 1 is 1.41 bits per heavy atom. The largest absolute Gasteiger partial charge is 0.452 e. The van der Waals surface area contributed by atoms with Crippen LogP contribution in [0.5, 0.6) is 0 Å². The minimum absolute atomic E-state index is 0.307. The topological polar surface area (TPSA) is 35.5 Å². The van der Waals surface area contributed by atoms with Gasteiger partial charge in [-0.3, -0.25) is 0 Å². The van der Waals surface area contributed by atoms with Gasteiger partial charge in [-0.2, -0.15) is 0 Å². The Morgan fingerprint density at radius 3 is 2.76 bits per heavy atom. The second-order valence-electron chi connectivity index (χ2n) is 3.76. The van der Waals surface area contributed by atoms with Gasteiger partial charge in [0.2, 0.25) is 0 Å². The molecular weight excluding hydrogens is 216 g/mol. The van der Waals surface area contributed by atoms with E-state index < -0.39 is 0 Å². The van der Waals surface area contributed by atoms with Crippen LogP contribution in [0.1, 0.15) is 5.56 Å². The molecule has 0 spiro atoms. The predicted molar refractivity (Wildman–Crippen MR) is 64.2 cm³/mol. The number of hydrogen-bond acceptors (Lipinski definition) is 3. The highest BCUT2D eigenvalue weighted by Gasteiger charge is 2.24. The second-order valence-corrected chi connectivity index (χ2v) is 3.76. The van der Waals surface area contributed by atoms with Gasteiger partial charge in [0, 0.05) is 6.08 Å². The van der Waals surface area contributed by atoms with E-state index in [4.69, 9.17) is 9.47 Å². The van der Waals surface area contributed by atoms with E-state index in [1.54, 1.807) is 12.2 Å². The van der Waals surface area contributed by atoms with Crippen molar-refractivity contribution >= 4 is 5.97 Å². The van der Waals surface area contributed by atoms with Crippen molar-refractivity contribution in [3.05, 3.63) is 60.7 Å². The van der Waals surface area contributed by atoms with E-state index in [1.807, 2.05) is 30.3 Å². The predicted octanol–water partition coefficient (Wildman–Crippen LogP) is 2.24. The molecule has 0 radical (unpaired) electrons. The highest BCUT2D eigenvalue weighted by atomic mass is 16.6. The molecule has 0 amide bonds. The molecule has 3 heteroatoms. The van der Waals surface area contributed by atoms with Crippen LogP contribution in [-0.2, 0) is 20.9 Å². The Kier molecular flexibility index (Phi) is 3.73. The number of cyclic esters (lactones) is 1. The molecule has 0 aromatic heterocycles. The first-order chi connectivity index (χ1) is 8.29. The second kappa shape index (κ2) is 5.46. The molecule has 1 heterocycles. The summed E-state index contributed by atoms with van der Waals surface area (Å²) >= 11 is 0. The van der Waals surface area contributed by atoms with E-state index in [1.165, 1.54) is 6.08 Å². The van der Waals surface area contributed by atoms with Crippen molar-refractivity contribution in [1.82, 2.24) is 0 Å². The number of ether oxygens (including phenoxy) is 2. The van der Waals surface area contributed by atoms with Crippen LogP contribution in [0.2, 0.25) is 0 Å². The van der Waals surface area contributed by atoms with E-state index in [0.717, 1.165) is 5.56 Å². The van der Waals surface area contributed by atoms with Crippen LogP contribution in [0.15, 0.2) is 55.1 Å². The van der Waals surface area contributed by atoms with E-state index >= 15 is 0 Å². The standard InChI is InChI=1S/C14H14O3/c1-2-12(13-8-9-14(15)17-13)16-10-11-6-4-3-5-7-11/h2-9,12-13H,1,10H2/t12-,13-/m1/s1. The van der Waals surface area contributed by atoms with Crippen molar-refractivity contribution in [3.8, 4) is 0 Å². The molecule has 1 aliphatic rings. The van der Waals surface area contributed by atoms with Gasteiger partial charge in [-0.25, -0.2) is 4.79 Å². The van der Waals surface area contributed by atoms with Gasteiger partial charge in [0.1, 0.15) is 6.10 Å². The molecule has 1 aromatic rings. The molecular formula is C14H14O3. The highest BCUT2D eigenvalue weighted by molar-refractivity contribution is 5.84. The molecule has 0 aliphatic carbocycles. The first kappa shape index (κ1) is 11.6. The Hall–Kier alpha value is -1.87. The van der Waals surface area contributed by atoms with E-state index in [2.05, 4.69) is 6.58 Å². The van der Waals surface area contributed by atoms with Crippen LogP contribution in [0, 0.1) is 0 Å². The van der Waals surface area contributed by atoms with Gasteiger partial charge in [-0.1, -0.05) is 36.4 Å². The number of carbonyl (C=O) groups excluding carboxylic acids is 1. The van der Waals surface area contributed by atoms with Crippen molar-refractivity contribution in [2.24, 2.45) is 0 Å². The monoisotopic (exact) mass is 230 g/mol. The fourth-order valence-corrected chi connectivity index (χ4v) is 1.63. The SMILES string of the molecule is C=C[C@@H](OCc1ccccc1)[C@H]1C=CC(=O)O1. The molecule has 0 unspecified atom stereocenters. The van der Waals surface area contributed by atoms with E-state index in [9.17, 15) is 4.79 Å². The Bertz CT molecular complexity index is 422. The zero-order chi connectivity index (χ0) is 12.1. The number of hydrogen-bond donors (Lipinski definition) is 0. The van der Waals surface area contributed by atoms with Gasteiger partial charge >= 0.3 is 5.97 Å². The van der Waals surface area contributed by atoms with Crippen LogP contribution in [0.4, 0.5) is 0 Å². The van der Waals surface area contributed by atoms with Crippen LogP contribution >= 0.6 is 0 Å². The summed E-state index contributed by atoms with van der Waals surface area (Å²) in [5.74, 6) is -0.329. The molecule has 2 rings (SSSR count). The summed E-state index contributed by atoms with van der Waals surface area (Å²) in [6.45, 7) is 4.16. The molecule has 0 saturated heterocycles. The summed E-state index contributed by atoms with van der Waals surface area (Å²) in [6.07, 6.45) is 4.09. The maximum atomic E-state index is 10.9. The third-order valence-electron chi connectivity index (χ3n) is 2.52. The van der Waals surface area contributed by atoms with Crippen LogP contribution in [0.3, 0.4) is 0 Å². The number of carbonyl (C=O) groups is 1. The van der Waals surface area contributed by atoms with Gasteiger partial charge in [0.25, 0.3) is 0 Å². The lowest BCUT2D eigenvalue weighted by atomic mass is 10.2. The third kappa shape index (κ3) is 3.04. The quantitative estimate of drug-likeness (QED) is 0.575. The molecule has 0 bridgehead atoms. The summed E-state index contributed by atoms with van der Waals surface area (Å²) in [5, 5.41) is 0. The van der Waals surface area contributed by atoms with Gasteiger partial charge < -0.3 is 9.47 Å². The van der Waals surface area contributed by atoms with Crippen molar-refractivity contribution in [2.45, 2.75) is 18.8 Å². The van der Waals surface area contributed by atoms with Crippen molar-refractivity contribution < 1.29 is 14.3 Å². The van der Waals surface area contributed by atoms with Gasteiger partial charge in [-0.05, 0) is 11.6 Å². The Balaban J connectivity index is 1.90. The lowest BCUT2D eigenvalue weighted by Crippen LogP contribution is -2.26. The van der Waals surface area contributed by atoms with Crippen LogP contribution < -0.4 is 0 Å². The zero-order valence-corrected chi connectivity index (χ0v) is 9.41. The molecule has 0 saturated carbocycles. The van der Waals surface area contributed by atoms with Crippen molar-refractivity contribution in [3.63, 3.8) is 0 Å². The Morgan fingerprint density at radius 2 is 2.18 bits per heavy atom. The average molecular weight is 230 g/mol. The summed E-state index contributed by atoms with van der Waals surface area (Å²) in [4.78, 5) is 10.9. The smallest absolute Gasteiger partial charge is 0.331 e. The normalized spacial score (nSPS) is 20.0. The zero-order valence-electron chi connectivity index (χ0n) is 9.41. The van der Waals surface area contributed by atoms with Gasteiger partial charge in [0.05, 0.1) is 6.61 Å². The van der Waals surface area contributed by atoms with Gasteiger partial charge in [0.15, 0.2) is 6.10 Å². The summed E-state index contributed by atoms with van der Waals surface area (Å²) in [6, 6.07) is 9.83. The number of rotatable bonds is 5. The van der Waals surface area contributed by atoms with Crippen LogP contribution in [0.25, 0.3) is 0 Å². The molecule has 2 atom stereocenters. The minimum Gasteiger partial charge on any atom is -0.452 e. The van der Waals surface area contributed by atoms with Gasteiger partial charge in [-0.15, -0.1) is 6.58 Å². The third-order valence-corrected chi connectivity index (χ3v) is 2.52. The Labute approximate surface area is 100 Å². The lowest BCUT2D eigenvalue weighted by molar-refractivity contribution is -0.143. The fraction of sp³-hybridized carbons (Fsp3) is 0.214.